The van der Waals surface area contributed by atoms with Crippen LogP contribution in [0.3, 0.4) is 0 Å². The minimum atomic E-state index is 0.143. The third-order valence-electron chi connectivity index (χ3n) is 2.61. The van der Waals surface area contributed by atoms with Crippen LogP contribution in [0.1, 0.15) is 18.2 Å². The molecule has 2 aromatic rings. The van der Waals surface area contributed by atoms with Gasteiger partial charge < -0.3 is 9.47 Å². The number of ether oxygens (including phenoxy) is 2. The summed E-state index contributed by atoms with van der Waals surface area (Å²) in [4.78, 5) is 7.89. The monoisotopic (exact) mass is 255 g/mol. The molecule has 19 heavy (non-hydrogen) atoms. The van der Waals surface area contributed by atoms with Gasteiger partial charge in [-0.25, -0.2) is 9.97 Å². The van der Waals surface area contributed by atoms with Gasteiger partial charge in [-0.2, -0.15) is 5.26 Å². The van der Waals surface area contributed by atoms with Crippen LogP contribution in [0.2, 0.25) is 0 Å². The molecule has 96 valence electrons. The standard InChI is InChI=1S/C14H13N3O2/c1-3-10-4-5-12(13(8-10)18-2)19-14-11(9-15)16-6-7-17-14/h4-8H,3H2,1-2H3. The Hall–Kier alpha value is -2.61. The van der Waals surface area contributed by atoms with Crippen LogP contribution < -0.4 is 9.47 Å². The molecular formula is C14H13N3O2. The minimum Gasteiger partial charge on any atom is -0.493 e. The molecule has 0 radical (unpaired) electrons. The Labute approximate surface area is 111 Å². The van der Waals surface area contributed by atoms with Gasteiger partial charge in [0.25, 0.3) is 5.88 Å². The molecule has 0 N–H and O–H groups in total. The molecular weight excluding hydrogens is 242 g/mol. The highest BCUT2D eigenvalue weighted by atomic mass is 16.5. The van der Waals surface area contributed by atoms with Crippen LogP contribution in [-0.4, -0.2) is 17.1 Å². The highest BCUT2D eigenvalue weighted by molar-refractivity contribution is 5.46. The Bertz CT molecular complexity index is 620. The van der Waals surface area contributed by atoms with E-state index in [1.807, 2.05) is 18.2 Å². The molecule has 0 bridgehead atoms. The first-order valence-electron chi connectivity index (χ1n) is 5.84. The quantitative estimate of drug-likeness (QED) is 0.840. The van der Waals surface area contributed by atoms with Crippen molar-refractivity contribution in [2.24, 2.45) is 0 Å². The van der Waals surface area contributed by atoms with E-state index in [1.165, 1.54) is 12.4 Å². The maximum absolute atomic E-state index is 8.94. The number of benzene rings is 1. The van der Waals surface area contributed by atoms with Crippen molar-refractivity contribution in [2.45, 2.75) is 13.3 Å². The van der Waals surface area contributed by atoms with E-state index in [0.29, 0.717) is 11.5 Å². The van der Waals surface area contributed by atoms with Gasteiger partial charge in [-0.1, -0.05) is 13.0 Å². The number of aromatic nitrogens is 2. The normalized spacial score (nSPS) is 9.74. The molecule has 0 aliphatic heterocycles. The molecule has 0 saturated carbocycles. The zero-order valence-electron chi connectivity index (χ0n) is 10.8. The van der Waals surface area contributed by atoms with Gasteiger partial charge in [0.15, 0.2) is 11.5 Å². The SMILES string of the molecule is CCc1ccc(Oc2nccnc2C#N)c(OC)c1. The van der Waals surface area contributed by atoms with Crippen LogP contribution in [0.4, 0.5) is 0 Å². The first-order chi connectivity index (χ1) is 9.28. The summed E-state index contributed by atoms with van der Waals surface area (Å²) >= 11 is 0. The Morgan fingerprint density at radius 1 is 1.21 bits per heavy atom. The maximum atomic E-state index is 8.94. The average molecular weight is 255 g/mol. The highest BCUT2D eigenvalue weighted by Crippen LogP contribution is 2.32. The predicted molar refractivity (Wildman–Crippen MR) is 69.2 cm³/mol. The van der Waals surface area contributed by atoms with Crippen molar-refractivity contribution in [3.63, 3.8) is 0 Å². The number of methoxy groups -OCH3 is 1. The Balaban J connectivity index is 2.36. The molecule has 1 aromatic heterocycles. The van der Waals surface area contributed by atoms with Crippen molar-refractivity contribution in [1.82, 2.24) is 9.97 Å². The summed E-state index contributed by atoms with van der Waals surface area (Å²) < 4.78 is 10.9. The highest BCUT2D eigenvalue weighted by Gasteiger charge is 2.11. The van der Waals surface area contributed by atoms with E-state index >= 15 is 0 Å². The van der Waals surface area contributed by atoms with Crippen LogP contribution in [0.5, 0.6) is 17.4 Å². The van der Waals surface area contributed by atoms with E-state index in [2.05, 4.69) is 16.9 Å². The Morgan fingerprint density at radius 3 is 2.68 bits per heavy atom. The van der Waals surface area contributed by atoms with E-state index in [1.54, 1.807) is 13.2 Å². The molecule has 0 amide bonds. The second kappa shape index (κ2) is 5.83. The first-order valence-corrected chi connectivity index (χ1v) is 5.84. The third-order valence-corrected chi connectivity index (χ3v) is 2.61. The van der Waals surface area contributed by atoms with Crippen LogP contribution in [-0.2, 0) is 6.42 Å². The molecule has 1 heterocycles. The topological polar surface area (TPSA) is 68.0 Å². The van der Waals surface area contributed by atoms with Gasteiger partial charge in [0, 0.05) is 12.4 Å². The van der Waals surface area contributed by atoms with Gasteiger partial charge in [0.2, 0.25) is 5.69 Å². The number of hydrogen-bond donors (Lipinski definition) is 0. The first kappa shape index (κ1) is 12.8. The molecule has 2 rings (SSSR count). The fourth-order valence-electron chi connectivity index (χ4n) is 1.60. The van der Waals surface area contributed by atoms with Crippen molar-refractivity contribution in [3.8, 4) is 23.4 Å². The fraction of sp³-hybridized carbons (Fsp3) is 0.214. The molecule has 0 atom stereocenters. The maximum Gasteiger partial charge on any atom is 0.256 e. The second-order valence-corrected chi connectivity index (χ2v) is 3.76. The van der Waals surface area contributed by atoms with Gasteiger partial charge in [-0.05, 0) is 24.1 Å². The van der Waals surface area contributed by atoms with Crippen molar-refractivity contribution in [1.29, 1.82) is 5.26 Å². The average Bonchev–Trinajstić information content (AvgIpc) is 2.48. The summed E-state index contributed by atoms with van der Waals surface area (Å²) in [6, 6.07) is 7.58. The van der Waals surface area contributed by atoms with Crippen molar-refractivity contribution < 1.29 is 9.47 Å². The zero-order valence-corrected chi connectivity index (χ0v) is 10.8. The molecule has 0 unspecified atom stereocenters. The molecule has 1 aromatic carbocycles. The van der Waals surface area contributed by atoms with E-state index in [4.69, 9.17) is 14.7 Å². The third kappa shape index (κ3) is 2.80. The summed E-state index contributed by atoms with van der Waals surface area (Å²) in [7, 11) is 1.57. The largest absolute Gasteiger partial charge is 0.493 e. The van der Waals surface area contributed by atoms with E-state index in [0.717, 1.165) is 12.0 Å². The summed E-state index contributed by atoms with van der Waals surface area (Å²) in [5.74, 6) is 1.29. The number of aryl methyl sites for hydroxylation is 1. The van der Waals surface area contributed by atoms with Crippen LogP contribution in [0.25, 0.3) is 0 Å². The molecule has 5 nitrogen and oxygen atoms in total. The van der Waals surface area contributed by atoms with E-state index in [-0.39, 0.29) is 11.6 Å². The van der Waals surface area contributed by atoms with Gasteiger partial charge in [0.1, 0.15) is 6.07 Å². The summed E-state index contributed by atoms with van der Waals surface area (Å²) in [5, 5.41) is 8.94. The minimum absolute atomic E-state index is 0.143. The van der Waals surface area contributed by atoms with E-state index in [9.17, 15) is 0 Å². The van der Waals surface area contributed by atoms with Crippen LogP contribution in [0.15, 0.2) is 30.6 Å². The molecule has 0 spiro atoms. The van der Waals surface area contributed by atoms with E-state index < -0.39 is 0 Å². The lowest BCUT2D eigenvalue weighted by atomic mass is 10.1. The number of hydrogen-bond acceptors (Lipinski definition) is 5. The van der Waals surface area contributed by atoms with Crippen LogP contribution >= 0.6 is 0 Å². The van der Waals surface area contributed by atoms with Gasteiger partial charge >= 0.3 is 0 Å². The predicted octanol–water partition coefficient (Wildman–Crippen LogP) is 2.71. The molecule has 0 aliphatic rings. The number of nitriles is 1. The smallest absolute Gasteiger partial charge is 0.256 e. The number of rotatable bonds is 4. The van der Waals surface area contributed by atoms with Gasteiger partial charge in [-0.3, -0.25) is 0 Å². The lowest BCUT2D eigenvalue weighted by Crippen LogP contribution is -1.96. The number of nitrogens with zero attached hydrogens (tertiary/aromatic N) is 3. The summed E-state index contributed by atoms with van der Waals surface area (Å²) in [6.07, 6.45) is 3.83. The van der Waals surface area contributed by atoms with Crippen molar-refractivity contribution >= 4 is 0 Å². The summed E-state index contributed by atoms with van der Waals surface area (Å²) in [6.45, 7) is 2.06. The fourth-order valence-corrected chi connectivity index (χ4v) is 1.60. The van der Waals surface area contributed by atoms with Gasteiger partial charge in [-0.15, -0.1) is 0 Å². The van der Waals surface area contributed by atoms with Crippen molar-refractivity contribution in [3.05, 3.63) is 41.9 Å². The Morgan fingerprint density at radius 2 is 2.00 bits per heavy atom. The second-order valence-electron chi connectivity index (χ2n) is 3.76. The zero-order chi connectivity index (χ0) is 13.7. The lowest BCUT2D eigenvalue weighted by Gasteiger charge is -2.11. The van der Waals surface area contributed by atoms with Crippen LogP contribution in [0, 0.1) is 11.3 Å². The lowest BCUT2D eigenvalue weighted by molar-refractivity contribution is 0.372. The summed E-state index contributed by atoms with van der Waals surface area (Å²) in [5.41, 5.74) is 1.29. The molecule has 5 heteroatoms. The molecule has 0 fully saturated rings. The molecule has 0 saturated heterocycles. The molecule has 0 aliphatic carbocycles. The van der Waals surface area contributed by atoms with Crippen molar-refractivity contribution in [2.75, 3.05) is 7.11 Å². The van der Waals surface area contributed by atoms with Gasteiger partial charge in [0.05, 0.1) is 7.11 Å². The Kier molecular flexibility index (Phi) is 3.94.